The van der Waals surface area contributed by atoms with Crippen molar-refractivity contribution in [3.63, 3.8) is 0 Å². The minimum atomic E-state index is -3.57. The zero-order chi connectivity index (χ0) is 16.8. The van der Waals surface area contributed by atoms with E-state index in [9.17, 15) is 8.42 Å². The Morgan fingerprint density at radius 3 is 2.12 bits per heavy atom. The Bertz CT molecular complexity index is 780. The smallest absolute Gasteiger partial charge is 0.276 e. The van der Waals surface area contributed by atoms with Gasteiger partial charge in [0.15, 0.2) is 0 Å². The molecule has 5 nitrogen and oxygen atoms in total. The molecule has 0 spiro atoms. The maximum atomic E-state index is 12.2. The summed E-state index contributed by atoms with van der Waals surface area (Å²) in [4.78, 5) is 4.10. The van der Waals surface area contributed by atoms with Gasteiger partial charge in [0.25, 0.3) is 10.0 Å². The van der Waals surface area contributed by atoms with Crippen LogP contribution >= 0.6 is 0 Å². The van der Waals surface area contributed by atoms with Crippen LogP contribution in [0.1, 0.15) is 18.4 Å². The minimum Gasteiger partial charge on any atom is -0.331 e. The summed E-state index contributed by atoms with van der Waals surface area (Å²) in [5, 5.41) is 4.14. The van der Waals surface area contributed by atoms with Crippen molar-refractivity contribution in [2.24, 2.45) is 5.10 Å². The lowest BCUT2D eigenvalue weighted by molar-refractivity contribution is -0.914. The van der Waals surface area contributed by atoms with E-state index in [4.69, 9.17) is 0 Å². The van der Waals surface area contributed by atoms with Gasteiger partial charge in [0.05, 0.1) is 23.7 Å². The van der Waals surface area contributed by atoms with Crippen LogP contribution in [0.4, 0.5) is 0 Å². The summed E-state index contributed by atoms with van der Waals surface area (Å²) in [5.74, 6) is 0. The molecule has 24 heavy (non-hydrogen) atoms. The van der Waals surface area contributed by atoms with Crippen molar-refractivity contribution in [1.29, 1.82) is 0 Å². The van der Waals surface area contributed by atoms with E-state index in [0.717, 1.165) is 38.2 Å². The van der Waals surface area contributed by atoms with E-state index in [1.54, 1.807) is 30.3 Å². The number of quaternary nitrogens is 1. The lowest BCUT2D eigenvalue weighted by atomic mass is 10.1. The van der Waals surface area contributed by atoms with Gasteiger partial charge in [-0.2, -0.15) is 13.5 Å². The Balaban J connectivity index is 1.54. The molecule has 0 unspecified atom stereocenters. The maximum absolute atomic E-state index is 12.2. The zero-order valence-electron chi connectivity index (χ0n) is 13.5. The number of hydrogen-bond donors (Lipinski definition) is 2. The van der Waals surface area contributed by atoms with Gasteiger partial charge < -0.3 is 4.90 Å². The van der Waals surface area contributed by atoms with Gasteiger partial charge in [-0.05, 0) is 12.1 Å². The molecule has 6 heteroatoms. The van der Waals surface area contributed by atoms with Crippen LogP contribution in [0.3, 0.4) is 0 Å². The van der Waals surface area contributed by atoms with Crippen LogP contribution in [-0.4, -0.2) is 27.2 Å². The van der Waals surface area contributed by atoms with E-state index in [1.807, 2.05) is 6.07 Å². The Morgan fingerprint density at radius 1 is 0.917 bits per heavy atom. The number of benzene rings is 2. The van der Waals surface area contributed by atoms with Gasteiger partial charge >= 0.3 is 0 Å². The Kier molecular flexibility index (Phi) is 5.27. The van der Waals surface area contributed by atoms with Crippen molar-refractivity contribution in [2.45, 2.75) is 24.3 Å². The SMILES string of the molecule is O=S(=O)(NN=C1CC[NH+](Cc2ccccc2)CC1)c1ccccc1. The van der Waals surface area contributed by atoms with Crippen molar-refractivity contribution >= 4 is 15.7 Å². The molecule has 1 aliphatic rings. The molecule has 1 heterocycles. The number of rotatable bonds is 5. The normalized spacial score (nSPS) is 18.2. The molecule has 0 aromatic heterocycles. The largest absolute Gasteiger partial charge is 0.331 e. The highest BCUT2D eigenvalue weighted by molar-refractivity contribution is 7.89. The first-order valence-corrected chi connectivity index (χ1v) is 9.61. The average molecular weight is 344 g/mol. The molecule has 0 atom stereocenters. The van der Waals surface area contributed by atoms with Gasteiger partial charge in [-0.25, -0.2) is 4.83 Å². The van der Waals surface area contributed by atoms with Gasteiger partial charge in [-0.15, -0.1) is 0 Å². The van der Waals surface area contributed by atoms with Crippen molar-refractivity contribution in [2.75, 3.05) is 13.1 Å². The van der Waals surface area contributed by atoms with Gasteiger partial charge in [-0.3, -0.25) is 0 Å². The van der Waals surface area contributed by atoms with Gasteiger partial charge in [0, 0.05) is 18.4 Å². The van der Waals surface area contributed by atoms with E-state index >= 15 is 0 Å². The van der Waals surface area contributed by atoms with Crippen LogP contribution < -0.4 is 9.73 Å². The standard InChI is InChI=1S/C18H21N3O2S/c22-24(23,18-9-5-2-6-10-18)20-19-17-11-13-21(14-12-17)15-16-7-3-1-4-8-16/h1-10,20H,11-15H2/p+1. The van der Waals surface area contributed by atoms with Crippen LogP contribution in [-0.2, 0) is 16.6 Å². The van der Waals surface area contributed by atoms with Crippen LogP contribution in [0.25, 0.3) is 0 Å². The number of nitrogens with zero attached hydrogens (tertiary/aromatic N) is 1. The van der Waals surface area contributed by atoms with Crippen LogP contribution in [0.15, 0.2) is 70.7 Å². The summed E-state index contributed by atoms with van der Waals surface area (Å²) in [6.07, 6.45) is 1.64. The fourth-order valence-corrected chi connectivity index (χ4v) is 3.71. The minimum absolute atomic E-state index is 0.237. The van der Waals surface area contributed by atoms with E-state index in [0.29, 0.717) is 0 Å². The molecule has 1 aliphatic heterocycles. The molecule has 126 valence electrons. The van der Waals surface area contributed by atoms with Crippen LogP contribution in [0.2, 0.25) is 0 Å². The molecule has 0 saturated carbocycles. The number of sulfonamides is 1. The third kappa shape index (κ3) is 4.43. The lowest BCUT2D eigenvalue weighted by Gasteiger charge is -2.24. The molecule has 0 bridgehead atoms. The summed E-state index contributed by atoms with van der Waals surface area (Å²) in [5.41, 5.74) is 2.25. The third-order valence-corrected chi connectivity index (χ3v) is 5.43. The number of piperidine rings is 1. The number of nitrogens with one attached hydrogen (secondary N) is 2. The zero-order valence-corrected chi connectivity index (χ0v) is 14.3. The first-order valence-electron chi connectivity index (χ1n) is 8.13. The molecule has 1 fully saturated rings. The van der Waals surface area contributed by atoms with E-state index in [1.165, 1.54) is 10.5 Å². The van der Waals surface area contributed by atoms with Crippen molar-refractivity contribution in [3.05, 3.63) is 66.2 Å². The quantitative estimate of drug-likeness (QED) is 0.801. The molecule has 0 radical (unpaired) electrons. The fraction of sp³-hybridized carbons (Fsp3) is 0.278. The topological polar surface area (TPSA) is 63.0 Å². The van der Waals surface area contributed by atoms with E-state index in [-0.39, 0.29) is 4.90 Å². The number of likely N-dealkylation sites (tertiary alicyclic amines) is 1. The summed E-state index contributed by atoms with van der Waals surface area (Å²) >= 11 is 0. The molecule has 2 aromatic carbocycles. The monoisotopic (exact) mass is 344 g/mol. The average Bonchev–Trinajstić information content (AvgIpc) is 2.63. The Morgan fingerprint density at radius 2 is 1.50 bits per heavy atom. The second-order valence-electron chi connectivity index (χ2n) is 6.00. The van der Waals surface area contributed by atoms with Crippen molar-refractivity contribution in [1.82, 2.24) is 4.83 Å². The molecule has 2 aromatic rings. The summed E-state index contributed by atoms with van der Waals surface area (Å²) in [6, 6.07) is 18.8. The van der Waals surface area contributed by atoms with Crippen molar-refractivity contribution < 1.29 is 13.3 Å². The molecular formula is C18H22N3O2S+. The number of hydrogen-bond acceptors (Lipinski definition) is 3. The summed E-state index contributed by atoms with van der Waals surface area (Å²) in [6.45, 7) is 2.95. The summed E-state index contributed by atoms with van der Waals surface area (Å²) in [7, 11) is -3.57. The van der Waals surface area contributed by atoms with Crippen LogP contribution in [0, 0.1) is 0 Å². The Labute approximate surface area is 143 Å². The second kappa shape index (κ2) is 7.59. The first-order chi connectivity index (χ1) is 11.6. The highest BCUT2D eigenvalue weighted by Crippen LogP contribution is 2.07. The highest BCUT2D eigenvalue weighted by atomic mass is 32.2. The molecule has 0 aliphatic carbocycles. The fourth-order valence-electron chi connectivity index (χ4n) is 2.84. The van der Waals surface area contributed by atoms with Gasteiger partial charge in [0.2, 0.25) is 0 Å². The van der Waals surface area contributed by atoms with Gasteiger partial charge in [0.1, 0.15) is 6.54 Å². The highest BCUT2D eigenvalue weighted by Gasteiger charge is 2.19. The van der Waals surface area contributed by atoms with Crippen molar-refractivity contribution in [3.8, 4) is 0 Å². The van der Waals surface area contributed by atoms with E-state index in [2.05, 4.69) is 34.2 Å². The molecule has 2 N–H and O–H groups in total. The number of hydrazone groups is 1. The van der Waals surface area contributed by atoms with E-state index < -0.39 is 10.0 Å². The van der Waals surface area contributed by atoms with Crippen LogP contribution in [0.5, 0.6) is 0 Å². The maximum Gasteiger partial charge on any atom is 0.276 e. The molecule has 1 saturated heterocycles. The molecule has 3 rings (SSSR count). The lowest BCUT2D eigenvalue weighted by Crippen LogP contribution is -3.11. The molecular weight excluding hydrogens is 322 g/mol. The second-order valence-corrected chi connectivity index (χ2v) is 7.66. The summed E-state index contributed by atoms with van der Waals surface area (Å²) < 4.78 is 24.3. The Hall–Kier alpha value is -2.18. The predicted octanol–water partition coefficient (Wildman–Crippen LogP) is 1.20. The third-order valence-electron chi connectivity index (χ3n) is 4.21. The first kappa shape index (κ1) is 16.7. The molecule has 0 amide bonds. The van der Waals surface area contributed by atoms with Gasteiger partial charge in [-0.1, -0.05) is 48.5 Å². The predicted molar refractivity (Wildman–Crippen MR) is 94.3 cm³/mol.